The van der Waals surface area contributed by atoms with Crippen molar-refractivity contribution in [3.63, 3.8) is 0 Å². The van der Waals surface area contributed by atoms with E-state index in [1.807, 2.05) is 0 Å². The maximum Gasteiger partial charge on any atom is 0.0320 e. The molecule has 102 valence electrons. The van der Waals surface area contributed by atoms with Crippen LogP contribution in [0.2, 0.25) is 0 Å². The van der Waals surface area contributed by atoms with Crippen LogP contribution in [-0.4, -0.2) is 34.6 Å². The van der Waals surface area contributed by atoms with Gasteiger partial charge in [0, 0.05) is 28.0 Å². The van der Waals surface area contributed by atoms with E-state index in [9.17, 15) is 0 Å². The minimum atomic E-state index is 0.748. The molecule has 17 heavy (non-hydrogen) atoms. The Bertz CT molecular complexity index is 179. The Morgan fingerprint density at radius 3 is 2.53 bits per heavy atom. The molecule has 0 aromatic rings. The van der Waals surface area contributed by atoms with Gasteiger partial charge < -0.3 is 5.32 Å². The Hall–Kier alpha value is 0.660. The van der Waals surface area contributed by atoms with Gasteiger partial charge in [0.25, 0.3) is 0 Å². The van der Waals surface area contributed by atoms with Gasteiger partial charge in [-0.15, -0.1) is 0 Å². The second-order valence-electron chi connectivity index (χ2n) is 4.86. The third kappa shape index (κ3) is 5.44. The van der Waals surface area contributed by atoms with Gasteiger partial charge in [-0.3, -0.25) is 0 Å². The molecule has 0 bridgehead atoms. The van der Waals surface area contributed by atoms with Gasteiger partial charge in [0.15, 0.2) is 0 Å². The van der Waals surface area contributed by atoms with Crippen molar-refractivity contribution < 1.29 is 0 Å². The zero-order valence-corrected chi connectivity index (χ0v) is 13.3. The average molecular weight is 276 g/mol. The van der Waals surface area contributed by atoms with Gasteiger partial charge in [-0.25, -0.2) is 0 Å². The monoisotopic (exact) mass is 275 g/mol. The molecule has 3 atom stereocenters. The Labute approximate surface area is 116 Å². The van der Waals surface area contributed by atoms with Crippen LogP contribution in [0, 0.1) is 0 Å². The summed E-state index contributed by atoms with van der Waals surface area (Å²) >= 11 is 4.43. The lowest BCUT2D eigenvalue weighted by Gasteiger charge is -2.36. The number of rotatable bonds is 8. The molecule has 0 saturated carbocycles. The fraction of sp³-hybridized carbons (Fsp3) is 1.00. The van der Waals surface area contributed by atoms with Crippen molar-refractivity contribution in [3.8, 4) is 0 Å². The van der Waals surface area contributed by atoms with Crippen LogP contribution in [0.3, 0.4) is 0 Å². The van der Waals surface area contributed by atoms with Crippen LogP contribution >= 0.6 is 23.5 Å². The molecular formula is C14H29NS2. The van der Waals surface area contributed by atoms with Crippen molar-refractivity contribution in [1.82, 2.24) is 5.32 Å². The van der Waals surface area contributed by atoms with E-state index >= 15 is 0 Å². The SMILES string of the molecule is CCCCC(NCCC)C1SCCSC1CC. The maximum atomic E-state index is 3.80. The molecule has 1 fully saturated rings. The van der Waals surface area contributed by atoms with Gasteiger partial charge in [0.1, 0.15) is 0 Å². The molecule has 0 radical (unpaired) electrons. The molecule has 1 N–H and O–H groups in total. The minimum absolute atomic E-state index is 0.748. The van der Waals surface area contributed by atoms with Crippen molar-refractivity contribution in [2.24, 2.45) is 0 Å². The van der Waals surface area contributed by atoms with E-state index in [2.05, 4.69) is 49.6 Å². The normalized spacial score (nSPS) is 27.0. The van der Waals surface area contributed by atoms with Gasteiger partial charge in [-0.2, -0.15) is 23.5 Å². The average Bonchev–Trinajstić information content (AvgIpc) is 2.39. The highest BCUT2D eigenvalue weighted by atomic mass is 32.2. The van der Waals surface area contributed by atoms with Gasteiger partial charge in [0.2, 0.25) is 0 Å². The van der Waals surface area contributed by atoms with E-state index in [1.54, 1.807) is 0 Å². The zero-order chi connectivity index (χ0) is 12.5. The van der Waals surface area contributed by atoms with Gasteiger partial charge in [-0.1, -0.05) is 33.6 Å². The van der Waals surface area contributed by atoms with Crippen LogP contribution in [0.4, 0.5) is 0 Å². The third-order valence-corrected chi connectivity index (χ3v) is 6.82. The predicted octanol–water partition coefficient (Wildman–Crippen LogP) is 4.17. The van der Waals surface area contributed by atoms with Crippen LogP contribution in [0.5, 0.6) is 0 Å². The minimum Gasteiger partial charge on any atom is -0.313 e. The first kappa shape index (κ1) is 15.7. The molecule has 3 heteroatoms. The number of hydrogen-bond donors (Lipinski definition) is 1. The summed E-state index contributed by atoms with van der Waals surface area (Å²) in [7, 11) is 0. The summed E-state index contributed by atoms with van der Waals surface area (Å²) in [5, 5.41) is 5.52. The Morgan fingerprint density at radius 2 is 1.88 bits per heavy atom. The number of unbranched alkanes of at least 4 members (excludes halogenated alkanes) is 1. The first-order valence-corrected chi connectivity index (χ1v) is 9.39. The van der Waals surface area contributed by atoms with Crippen molar-refractivity contribution in [2.75, 3.05) is 18.1 Å². The number of hydrogen-bond acceptors (Lipinski definition) is 3. The molecule has 0 aromatic heterocycles. The quantitative estimate of drug-likeness (QED) is 0.714. The summed E-state index contributed by atoms with van der Waals surface area (Å²) in [5.74, 6) is 2.70. The molecule has 0 aromatic carbocycles. The van der Waals surface area contributed by atoms with E-state index in [-0.39, 0.29) is 0 Å². The van der Waals surface area contributed by atoms with Crippen molar-refractivity contribution in [1.29, 1.82) is 0 Å². The van der Waals surface area contributed by atoms with E-state index in [0.29, 0.717) is 0 Å². The molecular weight excluding hydrogens is 246 g/mol. The van der Waals surface area contributed by atoms with E-state index in [1.165, 1.54) is 50.2 Å². The Balaban J connectivity index is 2.51. The van der Waals surface area contributed by atoms with E-state index in [0.717, 1.165) is 16.5 Å². The predicted molar refractivity (Wildman–Crippen MR) is 84.4 cm³/mol. The molecule has 0 amide bonds. The van der Waals surface area contributed by atoms with Gasteiger partial charge >= 0.3 is 0 Å². The second-order valence-corrected chi connectivity index (χ2v) is 7.49. The number of thioether (sulfide) groups is 2. The largest absolute Gasteiger partial charge is 0.313 e. The molecule has 1 saturated heterocycles. The fourth-order valence-corrected chi connectivity index (χ4v) is 5.75. The van der Waals surface area contributed by atoms with Gasteiger partial charge in [0.05, 0.1) is 0 Å². The Kier molecular flexibility index (Phi) is 8.85. The standard InChI is InChI=1S/C14H29NS2/c1-4-7-8-12(15-9-5-2)14-13(6-3)16-10-11-17-14/h12-15H,4-11H2,1-3H3. The van der Waals surface area contributed by atoms with Crippen molar-refractivity contribution in [2.45, 2.75) is 69.4 Å². The molecule has 1 aliphatic heterocycles. The fourth-order valence-electron chi connectivity index (χ4n) is 2.45. The van der Waals surface area contributed by atoms with Crippen LogP contribution < -0.4 is 5.32 Å². The van der Waals surface area contributed by atoms with Crippen molar-refractivity contribution >= 4 is 23.5 Å². The van der Waals surface area contributed by atoms with Crippen LogP contribution in [0.15, 0.2) is 0 Å². The highest BCUT2D eigenvalue weighted by Gasteiger charge is 2.31. The zero-order valence-electron chi connectivity index (χ0n) is 11.7. The molecule has 1 aliphatic rings. The molecule has 0 spiro atoms. The third-order valence-electron chi connectivity index (χ3n) is 3.42. The molecule has 0 aliphatic carbocycles. The van der Waals surface area contributed by atoms with E-state index in [4.69, 9.17) is 0 Å². The number of nitrogens with one attached hydrogen (secondary N) is 1. The second kappa shape index (κ2) is 9.57. The summed E-state index contributed by atoms with van der Waals surface area (Å²) in [4.78, 5) is 0. The first-order chi connectivity index (χ1) is 8.33. The molecule has 3 unspecified atom stereocenters. The summed E-state index contributed by atoms with van der Waals surface area (Å²) < 4.78 is 0. The van der Waals surface area contributed by atoms with Crippen molar-refractivity contribution in [3.05, 3.63) is 0 Å². The summed E-state index contributed by atoms with van der Waals surface area (Å²) in [6.07, 6.45) is 6.65. The molecule has 1 rings (SSSR count). The van der Waals surface area contributed by atoms with Crippen LogP contribution in [-0.2, 0) is 0 Å². The molecule has 1 heterocycles. The molecule has 1 nitrogen and oxygen atoms in total. The van der Waals surface area contributed by atoms with Crippen LogP contribution in [0.1, 0.15) is 52.9 Å². The first-order valence-electron chi connectivity index (χ1n) is 7.30. The maximum absolute atomic E-state index is 3.80. The Morgan fingerprint density at radius 1 is 1.12 bits per heavy atom. The highest BCUT2D eigenvalue weighted by Crippen LogP contribution is 2.36. The summed E-state index contributed by atoms with van der Waals surface area (Å²) in [6.45, 7) is 8.11. The van der Waals surface area contributed by atoms with E-state index < -0.39 is 0 Å². The lowest BCUT2D eigenvalue weighted by molar-refractivity contribution is 0.441. The summed E-state index contributed by atoms with van der Waals surface area (Å²) in [5.41, 5.74) is 0. The van der Waals surface area contributed by atoms with Crippen LogP contribution in [0.25, 0.3) is 0 Å². The topological polar surface area (TPSA) is 12.0 Å². The lowest BCUT2D eigenvalue weighted by atomic mass is 10.0. The lowest BCUT2D eigenvalue weighted by Crippen LogP contribution is -2.45. The summed E-state index contributed by atoms with van der Waals surface area (Å²) in [6, 6.07) is 0.748. The smallest absolute Gasteiger partial charge is 0.0320 e. The highest BCUT2D eigenvalue weighted by molar-refractivity contribution is 8.07. The van der Waals surface area contributed by atoms with Gasteiger partial charge in [-0.05, 0) is 25.8 Å².